The topological polar surface area (TPSA) is 95.9 Å². The molecule has 1 N–H and O–H groups in total. The monoisotopic (exact) mass is 480 g/mol. The van der Waals surface area contributed by atoms with Crippen molar-refractivity contribution < 1.29 is 23.8 Å². The van der Waals surface area contributed by atoms with Gasteiger partial charge in [0, 0.05) is 24.5 Å². The number of nitrogens with one attached hydrogen (secondary N) is 1. The molecule has 0 aliphatic carbocycles. The molecule has 0 fully saturated rings. The number of hydrogen-bond acceptors (Lipinski definition) is 6. The molecule has 1 aromatic heterocycles. The normalized spacial score (nSPS) is 11.9. The van der Waals surface area contributed by atoms with Crippen molar-refractivity contribution in [3.05, 3.63) is 82.3 Å². The van der Waals surface area contributed by atoms with Gasteiger partial charge in [-0.15, -0.1) is 0 Å². The summed E-state index contributed by atoms with van der Waals surface area (Å²) >= 11 is 0. The third-order valence-corrected chi connectivity index (χ3v) is 5.57. The quantitative estimate of drug-likeness (QED) is 0.265. The number of carbonyl (C=O) groups is 2. The van der Waals surface area contributed by atoms with E-state index in [4.69, 9.17) is 14.2 Å². The van der Waals surface area contributed by atoms with Crippen LogP contribution in [0.3, 0.4) is 0 Å². The van der Waals surface area contributed by atoms with E-state index in [9.17, 15) is 14.4 Å². The fourth-order valence-corrected chi connectivity index (χ4v) is 3.83. The minimum atomic E-state index is -0.807. The van der Waals surface area contributed by atoms with Crippen LogP contribution < -0.4 is 10.9 Å². The number of hydrogen-bond donors (Lipinski definition) is 1. The third kappa shape index (κ3) is 7.58. The number of ether oxygens (including phenoxy) is 3. The van der Waals surface area contributed by atoms with Crippen LogP contribution in [0.2, 0.25) is 0 Å². The van der Waals surface area contributed by atoms with Crippen LogP contribution in [0, 0.1) is 0 Å². The molecule has 3 rings (SSSR count). The number of benzene rings is 2. The van der Waals surface area contributed by atoms with Crippen molar-refractivity contribution >= 4 is 23.0 Å². The molecule has 0 aliphatic rings. The number of rotatable bonds is 15. The average Bonchev–Trinajstić information content (AvgIpc) is 2.89. The van der Waals surface area contributed by atoms with Gasteiger partial charge in [-0.1, -0.05) is 48.5 Å². The molecule has 35 heavy (non-hydrogen) atoms. The lowest BCUT2D eigenvalue weighted by molar-refractivity contribution is -0.124. The van der Waals surface area contributed by atoms with Crippen LogP contribution in [0.4, 0.5) is 0 Å². The summed E-state index contributed by atoms with van der Waals surface area (Å²) in [4.78, 5) is 36.9. The number of nitrogens with zero attached hydrogens (tertiary/aromatic N) is 1. The summed E-state index contributed by atoms with van der Waals surface area (Å²) in [5.74, 6) is -0.329. The molecule has 0 spiro atoms. The zero-order valence-corrected chi connectivity index (χ0v) is 20.0. The maximum atomic E-state index is 13.3. The summed E-state index contributed by atoms with van der Waals surface area (Å²) in [6.45, 7) is 2.28. The van der Waals surface area contributed by atoms with Crippen LogP contribution in [0.1, 0.15) is 30.1 Å². The Hall–Kier alpha value is -3.33. The second-order valence-corrected chi connectivity index (χ2v) is 7.98. The first-order chi connectivity index (χ1) is 17.2. The Balaban J connectivity index is 1.58. The Morgan fingerprint density at radius 1 is 0.943 bits per heavy atom. The fraction of sp³-hybridized carbons (Fsp3) is 0.370. The van der Waals surface area contributed by atoms with Gasteiger partial charge in [0.1, 0.15) is 12.3 Å². The van der Waals surface area contributed by atoms with Gasteiger partial charge in [-0.2, -0.15) is 0 Å². The molecule has 0 saturated carbocycles. The van der Waals surface area contributed by atoms with Crippen molar-refractivity contribution in [2.24, 2.45) is 0 Å². The molecule has 0 bridgehead atoms. The molecule has 0 saturated heterocycles. The fourth-order valence-electron chi connectivity index (χ4n) is 3.83. The first-order valence-corrected chi connectivity index (χ1v) is 11.7. The van der Waals surface area contributed by atoms with Crippen molar-refractivity contribution in [2.75, 3.05) is 33.5 Å². The van der Waals surface area contributed by atoms with Crippen LogP contribution in [0.15, 0.2) is 65.5 Å². The van der Waals surface area contributed by atoms with Gasteiger partial charge in [-0.3, -0.25) is 14.2 Å². The molecular formula is C27H32N2O6. The number of amides is 1. The summed E-state index contributed by atoms with van der Waals surface area (Å²) < 4.78 is 18.4. The maximum Gasteiger partial charge on any atom is 0.259 e. The molecule has 1 unspecified atom stereocenters. The van der Waals surface area contributed by atoms with Crippen LogP contribution in [-0.2, 0) is 37.0 Å². The Morgan fingerprint density at radius 3 is 2.31 bits per heavy atom. The van der Waals surface area contributed by atoms with E-state index >= 15 is 0 Å². The number of pyridine rings is 1. The predicted octanol–water partition coefficient (Wildman–Crippen LogP) is 3.02. The first kappa shape index (κ1) is 26.3. The summed E-state index contributed by atoms with van der Waals surface area (Å²) in [6.07, 6.45) is 1.14. The first-order valence-electron chi connectivity index (χ1n) is 11.7. The molecule has 8 nitrogen and oxygen atoms in total. The SMILES string of the molecule is CNC(=O)C(CCC=O)n1c(COCCOCCOCc2ccccc2)cc2ccccc2c1=O. The van der Waals surface area contributed by atoms with Crippen LogP contribution >= 0.6 is 0 Å². The highest BCUT2D eigenvalue weighted by Gasteiger charge is 2.24. The van der Waals surface area contributed by atoms with Gasteiger partial charge in [0.05, 0.1) is 39.6 Å². The molecule has 8 heteroatoms. The second kappa shape index (κ2) is 14.2. The molecule has 1 heterocycles. The lowest BCUT2D eigenvalue weighted by Gasteiger charge is -2.22. The Labute approximate surface area is 204 Å². The smallest absolute Gasteiger partial charge is 0.259 e. The Bertz CT molecular complexity index is 1150. The van der Waals surface area contributed by atoms with Crippen molar-refractivity contribution in [2.45, 2.75) is 32.1 Å². The van der Waals surface area contributed by atoms with Gasteiger partial charge in [0.15, 0.2) is 0 Å². The van der Waals surface area contributed by atoms with E-state index < -0.39 is 6.04 Å². The summed E-state index contributed by atoms with van der Waals surface area (Å²) in [7, 11) is 1.51. The maximum absolute atomic E-state index is 13.3. The number of aldehydes is 1. The van der Waals surface area contributed by atoms with Gasteiger partial charge in [-0.05, 0) is 29.5 Å². The van der Waals surface area contributed by atoms with Crippen molar-refractivity contribution in [3.63, 3.8) is 0 Å². The lowest BCUT2D eigenvalue weighted by Crippen LogP contribution is -2.37. The van der Waals surface area contributed by atoms with Gasteiger partial charge in [0.25, 0.3) is 5.56 Å². The van der Waals surface area contributed by atoms with Crippen molar-refractivity contribution in [1.82, 2.24) is 9.88 Å². The average molecular weight is 481 g/mol. The van der Waals surface area contributed by atoms with Crippen LogP contribution in [-0.4, -0.2) is 50.2 Å². The minimum Gasteiger partial charge on any atom is -0.377 e. The second-order valence-electron chi connectivity index (χ2n) is 7.98. The lowest BCUT2D eigenvalue weighted by atomic mass is 10.1. The Kier molecular flexibility index (Phi) is 10.6. The summed E-state index contributed by atoms with van der Waals surface area (Å²) in [5.41, 5.74) is 1.40. The molecule has 3 aromatic rings. The van der Waals surface area contributed by atoms with E-state index in [0.717, 1.165) is 17.2 Å². The van der Waals surface area contributed by atoms with Crippen LogP contribution in [0.5, 0.6) is 0 Å². The van der Waals surface area contributed by atoms with Gasteiger partial charge in [0.2, 0.25) is 5.91 Å². The molecule has 0 aliphatic heterocycles. The molecule has 2 aromatic carbocycles. The number of fused-ring (bicyclic) bond motifs is 1. The van der Waals surface area contributed by atoms with Crippen molar-refractivity contribution in [1.29, 1.82) is 0 Å². The van der Waals surface area contributed by atoms with E-state index in [1.54, 1.807) is 12.1 Å². The molecule has 1 atom stereocenters. The molecule has 0 radical (unpaired) electrons. The largest absolute Gasteiger partial charge is 0.377 e. The van der Waals surface area contributed by atoms with E-state index in [0.29, 0.717) is 44.1 Å². The molecule has 186 valence electrons. The summed E-state index contributed by atoms with van der Waals surface area (Å²) in [6, 6.07) is 18.2. The minimum absolute atomic E-state index is 0.128. The van der Waals surface area contributed by atoms with E-state index in [-0.39, 0.29) is 30.9 Å². The zero-order valence-electron chi connectivity index (χ0n) is 20.0. The number of carbonyl (C=O) groups excluding carboxylic acids is 2. The van der Waals surface area contributed by atoms with E-state index in [1.807, 2.05) is 48.5 Å². The highest BCUT2D eigenvalue weighted by molar-refractivity contribution is 5.84. The zero-order chi connectivity index (χ0) is 24.9. The highest BCUT2D eigenvalue weighted by Crippen LogP contribution is 2.20. The standard InChI is InChI=1S/C27H32N2O6/c1-28-26(31)25(12-7-13-30)29-23(18-22-10-5-6-11-24(22)27(29)32)20-35-17-15-33-14-16-34-19-21-8-3-2-4-9-21/h2-6,8-11,13,18,25H,7,12,14-17,19-20H2,1H3,(H,28,31). The predicted molar refractivity (Wildman–Crippen MR) is 133 cm³/mol. The number of aromatic nitrogens is 1. The van der Waals surface area contributed by atoms with E-state index in [2.05, 4.69) is 5.32 Å². The molecule has 1 amide bonds. The van der Waals surface area contributed by atoms with Crippen molar-refractivity contribution in [3.8, 4) is 0 Å². The number of likely N-dealkylation sites (N-methyl/N-ethyl adjacent to an activating group) is 1. The van der Waals surface area contributed by atoms with E-state index in [1.165, 1.54) is 11.6 Å². The summed E-state index contributed by atoms with van der Waals surface area (Å²) in [5, 5.41) is 3.88. The third-order valence-electron chi connectivity index (χ3n) is 5.57. The van der Waals surface area contributed by atoms with Gasteiger partial charge < -0.3 is 24.3 Å². The molecular weight excluding hydrogens is 448 g/mol. The van der Waals surface area contributed by atoms with Gasteiger partial charge >= 0.3 is 0 Å². The van der Waals surface area contributed by atoms with Gasteiger partial charge in [-0.25, -0.2) is 0 Å². The Morgan fingerprint density at radius 2 is 1.60 bits per heavy atom. The van der Waals surface area contributed by atoms with Crippen LogP contribution in [0.25, 0.3) is 10.8 Å². The highest BCUT2D eigenvalue weighted by atomic mass is 16.5.